The topological polar surface area (TPSA) is 44.1 Å². The second-order valence-electron chi connectivity index (χ2n) is 5.72. The number of thioether (sulfide) groups is 1. The Morgan fingerprint density at radius 2 is 2.33 bits per heavy atom. The van der Waals surface area contributed by atoms with Crippen LogP contribution in [0.1, 0.15) is 24.3 Å². The Labute approximate surface area is 131 Å². The number of allylic oxidation sites excluding steroid dienone is 1. The fourth-order valence-electron chi connectivity index (χ4n) is 2.66. The molecule has 0 unspecified atom stereocenters. The zero-order chi connectivity index (χ0) is 15.2. The molecule has 6 heteroatoms. The standard InChI is InChI=1S/C15H18N2O2S2/c1-5-6-17-11-9-7-15(2,3)19-8-10(9)21-13(11)12(18)14(16-17)20-4/h5H,1,6-8H2,2-4H3. The van der Waals surface area contributed by atoms with Crippen molar-refractivity contribution >= 4 is 33.3 Å². The fourth-order valence-corrected chi connectivity index (χ4v) is 4.36. The summed E-state index contributed by atoms with van der Waals surface area (Å²) < 4.78 is 8.57. The molecule has 2 aromatic heterocycles. The molecule has 0 bridgehead atoms. The molecule has 0 saturated carbocycles. The molecule has 0 N–H and O–H groups in total. The lowest BCUT2D eigenvalue weighted by molar-refractivity contribution is -0.0380. The van der Waals surface area contributed by atoms with Crippen LogP contribution in [0.5, 0.6) is 0 Å². The van der Waals surface area contributed by atoms with Crippen LogP contribution in [0, 0.1) is 0 Å². The van der Waals surface area contributed by atoms with Gasteiger partial charge in [0.25, 0.3) is 0 Å². The molecule has 112 valence electrons. The minimum absolute atomic E-state index is 0.0371. The van der Waals surface area contributed by atoms with E-state index >= 15 is 0 Å². The number of hydrogen-bond donors (Lipinski definition) is 0. The fraction of sp³-hybridized carbons (Fsp3) is 0.467. The lowest BCUT2D eigenvalue weighted by atomic mass is 9.95. The summed E-state index contributed by atoms with van der Waals surface area (Å²) in [7, 11) is 0. The Morgan fingerprint density at radius 3 is 3.00 bits per heavy atom. The summed E-state index contributed by atoms with van der Waals surface area (Å²) in [5.74, 6) is 0. The van der Waals surface area contributed by atoms with Gasteiger partial charge >= 0.3 is 0 Å². The van der Waals surface area contributed by atoms with Crippen molar-refractivity contribution in [1.82, 2.24) is 9.78 Å². The van der Waals surface area contributed by atoms with Crippen molar-refractivity contribution in [3.8, 4) is 0 Å². The highest BCUT2D eigenvalue weighted by atomic mass is 32.2. The monoisotopic (exact) mass is 322 g/mol. The normalized spacial score (nSPS) is 16.9. The number of thiophene rings is 1. The Kier molecular flexibility index (Phi) is 3.71. The van der Waals surface area contributed by atoms with E-state index in [-0.39, 0.29) is 11.0 Å². The van der Waals surface area contributed by atoms with Gasteiger partial charge in [0.1, 0.15) is 4.70 Å². The number of fused-ring (bicyclic) bond motifs is 3. The van der Waals surface area contributed by atoms with Gasteiger partial charge in [0.15, 0.2) is 5.03 Å². The van der Waals surface area contributed by atoms with Crippen molar-refractivity contribution in [2.75, 3.05) is 6.26 Å². The van der Waals surface area contributed by atoms with Crippen LogP contribution in [0.4, 0.5) is 0 Å². The predicted octanol–water partition coefficient (Wildman–Crippen LogP) is 3.22. The number of ether oxygens (including phenoxy) is 1. The Hall–Kier alpha value is -1.11. The van der Waals surface area contributed by atoms with Crippen LogP contribution in [0.3, 0.4) is 0 Å². The minimum atomic E-state index is -0.200. The molecule has 0 aliphatic carbocycles. The molecule has 0 amide bonds. The third-order valence-corrected chi connectivity index (χ3v) is 5.47. The van der Waals surface area contributed by atoms with E-state index in [0.29, 0.717) is 18.2 Å². The number of rotatable bonds is 3. The van der Waals surface area contributed by atoms with Crippen LogP contribution < -0.4 is 5.43 Å². The van der Waals surface area contributed by atoms with Gasteiger partial charge in [-0.3, -0.25) is 9.48 Å². The first-order valence-corrected chi connectivity index (χ1v) is 8.85. The lowest BCUT2D eigenvalue weighted by Crippen LogP contribution is -2.31. The molecule has 3 heterocycles. The summed E-state index contributed by atoms with van der Waals surface area (Å²) in [4.78, 5) is 13.7. The maximum absolute atomic E-state index is 12.5. The van der Waals surface area contributed by atoms with Gasteiger partial charge in [-0.05, 0) is 25.7 Å². The predicted molar refractivity (Wildman–Crippen MR) is 88.4 cm³/mol. The molecule has 1 aliphatic heterocycles. The highest BCUT2D eigenvalue weighted by molar-refractivity contribution is 7.98. The summed E-state index contributed by atoms with van der Waals surface area (Å²) in [6, 6.07) is 0. The van der Waals surface area contributed by atoms with Crippen LogP contribution in [0.2, 0.25) is 0 Å². The molecule has 0 radical (unpaired) electrons. The Morgan fingerprint density at radius 1 is 1.57 bits per heavy atom. The summed E-state index contributed by atoms with van der Waals surface area (Å²) in [5, 5.41) is 5.04. The molecule has 0 spiro atoms. The van der Waals surface area contributed by atoms with Crippen molar-refractivity contribution in [2.45, 2.75) is 44.0 Å². The molecule has 0 fully saturated rings. The third-order valence-electron chi connectivity index (χ3n) is 3.62. The van der Waals surface area contributed by atoms with Crippen molar-refractivity contribution in [3.63, 3.8) is 0 Å². The number of aromatic nitrogens is 2. The smallest absolute Gasteiger partial charge is 0.231 e. The largest absolute Gasteiger partial charge is 0.370 e. The molecule has 0 saturated heterocycles. The molecule has 0 atom stereocenters. The van der Waals surface area contributed by atoms with Gasteiger partial charge < -0.3 is 4.74 Å². The summed E-state index contributed by atoms with van der Waals surface area (Å²) in [5.41, 5.74) is 2.02. The molecular formula is C15H18N2O2S2. The van der Waals surface area contributed by atoms with E-state index in [2.05, 4.69) is 25.5 Å². The van der Waals surface area contributed by atoms with Crippen LogP contribution in [-0.2, 0) is 24.3 Å². The maximum Gasteiger partial charge on any atom is 0.231 e. The molecule has 3 rings (SSSR count). The van der Waals surface area contributed by atoms with Gasteiger partial charge in [-0.15, -0.1) is 29.7 Å². The van der Waals surface area contributed by atoms with E-state index in [1.807, 2.05) is 17.0 Å². The number of nitrogens with zero attached hydrogens (tertiary/aromatic N) is 2. The molecular weight excluding hydrogens is 304 g/mol. The first-order chi connectivity index (χ1) is 9.96. The maximum atomic E-state index is 12.5. The van der Waals surface area contributed by atoms with E-state index in [9.17, 15) is 4.79 Å². The van der Waals surface area contributed by atoms with Gasteiger partial charge in [0.2, 0.25) is 5.43 Å². The van der Waals surface area contributed by atoms with Gasteiger partial charge in [-0.1, -0.05) is 6.08 Å². The minimum Gasteiger partial charge on any atom is -0.370 e. The number of hydrogen-bond acceptors (Lipinski definition) is 5. The van der Waals surface area contributed by atoms with Crippen LogP contribution in [0.15, 0.2) is 22.5 Å². The van der Waals surface area contributed by atoms with E-state index in [0.717, 1.165) is 21.5 Å². The highest BCUT2D eigenvalue weighted by Crippen LogP contribution is 2.37. The van der Waals surface area contributed by atoms with Crippen molar-refractivity contribution in [1.29, 1.82) is 0 Å². The molecule has 1 aliphatic rings. The van der Waals surface area contributed by atoms with Crippen LogP contribution in [-0.4, -0.2) is 21.6 Å². The van der Waals surface area contributed by atoms with Gasteiger partial charge in [-0.2, -0.15) is 5.10 Å². The van der Waals surface area contributed by atoms with Gasteiger partial charge in [-0.25, -0.2) is 0 Å². The van der Waals surface area contributed by atoms with Crippen LogP contribution >= 0.6 is 23.1 Å². The van der Waals surface area contributed by atoms with Crippen molar-refractivity contribution < 1.29 is 4.74 Å². The van der Waals surface area contributed by atoms with E-state index in [1.54, 1.807) is 11.3 Å². The average Bonchev–Trinajstić information content (AvgIpc) is 2.80. The summed E-state index contributed by atoms with van der Waals surface area (Å²) in [6.45, 7) is 9.14. The lowest BCUT2D eigenvalue weighted by Gasteiger charge is -2.30. The Bertz CT molecular complexity index is 774. The average molecular weight is 322 g/mol. The summed E-state index contributed by atoms with van der Waals surface area (Å²) >= 11 is 2.94. The van der Waals surface area contributed by atoms with Gasteiger partial charge in [0, 0.05) is 11.3 Å². The zero-order valence-corrected chi connectivity index (χ0v) is 14.1. The summed E-state index contributed by atoms with van der Waals surface area (Å²) in [6.07, 6.45) is 4.50. The second-order valence-corrected chi connectivity index (χ2v) is 7.62. The van der Waals surface area contributed by atoms with E-state index < -0.39 is 0 Å². The van der Waals surface area contributed by atoms with Gasteiger partial charge in [0.05, 0.1) is 24.3 Å². The third kappa shape index (κ3) is 2.45. The highest BCUT2D eigenvalue weighted by Gasteiger charge is 2.31. The molecule has 21 heavy (non-hydrogen) atoms. The SMILES string of the molecule is C=CCn1nc(SC)c(=O)c2sc3c(c21)CC(C)(C)OC3. The second kappa shape index (κ2) is 5.26. The quantitative estimate of drug-likeness (QED) is 0.643. The molecule has 4 nitrogen and oxygen atoms in total. The van der Waals surface area contributed by atoms with Crippen LogP contribution in [0.25, 0.3) is 10.2 Å². The van der Waals surface area contributed by atoms with E-state index in [1.165, 1.54) is 17.3 Å². The van der Waals surface area contributed by atoms with Crippen molar-refractivity contribution in [3.05, 3.63) is 33.3 Å². The first-order valence-electron chi connectivity index (χ1n) is 6.81. The zero-order valence-electron chi connectivity index (χ0n) is 12.4. The first kappa shape index (κ1) is 14.8. The Balaban J connectivity index is 2.34. The van der Waals surface area contributed by atoms with E-state index in [4.69, 9.17) is 4.74 Å². The van der Waals surface area contributed by atoms with Crippen molar-refractivity contribution in [2.24, 2.45) is 0 Å². The molecule has 2 aromatic rings. The molecule has 0 aromatic carbocycles.